The minimum Gasteiger partial charge on any atom is -0.267 e. The van der Waals surface area contributed by atoms with Crippen LogP contribution in [-0.4, -0.2) is 14.8 Å². The Balaban J connectivity index is 2.01. The summed E-state index contributed by atoms with van der Waals surface area (Å²) in [5, 5.41) is 7.05. The highest BCUT2D eigenvalue weighted by Gasteiger charge is 2.13. The highest BCUT2D eigenvalue weighted by Crippen LogP contribution is 2.32. The summed E-state index contributed by atoms with van der Waals surface area (Å²) in [6.45, 7) is 0. The molecule has 0 radical (unpaired) electrons. The van der Waals surface area contributed by atoms with Crippen molar-refractivity contribution >= 4 is 55.5 Å². The Hall–Kier alpha value is -1.95. The van der Waals surface area contributed by atoms with Crippen molar-refractivity contribution in [3.8, 4) is 5.13 Å². The van der Waals surface area contributed by atoms with E-state index in [2.05, 4.69) is 10.1 Å². The molecule has 0 saturated heterocycles. The van der Waals surface area contributed by atoms with E-state index < -0.39 is 0 Å². The molecule has 0 unspecified atom stereocenters. The molecule has 2 aromatic carbocycles. The van der Waals surface area contributed by atoms with Crippen LogP contribution in [0.15, 0.2) is 47.4 Å². The normalized spacial score (nSPS) is 11.4. The summed E-state index contributed by atoms with van der Waals surface area (Å²) in [6.07, 6.45) is 1.65. The number of nitrogens with zero attached hydrogens (tertiary/aromatic N) is 3. The van der Waals surface area contributed by atoms with Gasteiger partial charge in [0, 0.05) is 10.4 Å². The van der Waals surface area contributed by atoms with Gasteiger partial charge in [-0.1, -0.05) is 52.7 Å². The lowest BCUT2D eigenvalue weighted by atomic mass is 10.2. The molecule has 0 N–H and O–H groups in total. The number of thiazole rings is 1. The van der Waals surface area contributed by atoms with Gasteiger partial charge in [-0.25, -0.2) is 4.98 Å². The van der Waals surface area contributed by atoms with Gasteiger partial charge < -0.3 is 0 Å². The zero-order valence-corrected chi connectivity index (χ0v) is 13.3. The summed E-state index contributed by atoms with van der Waals surface area (Å²) in [4.78, 5) is 17.0. The summed E-state index contributed by atoms with van der Waals surface area (Å²) >= 11 is 13.5. The zero-order chi connectivity index (χ0) is 15.3. The quantitative estimate of drug-likeness (QED) is 0.515. The van der Waals surface area contributed by atoms with E-state index in [-0.39, 0.29) is 5.56 Å². The Bertz CT molecular complexity index is 1090. The van der Waals surface area contributed by atoms with E-state index >= 15 is 0 Å². The highest BCUT2D eigenvalue weighted by atomic mass is 35.5. The summed E-state index contributed by atoms with van der Waals surface area (Å²) < 4.78 is 2.10. The molecular formula is C15H7Cl2N3OS. The highest BCUT2D eigenvalue weighted by molar-refractivity contribution is 7.20. The Labute approximate surface area is 138 Å². The Morgan fingerprint density at radius 3 is 2.82 bits per heavy atom. The first-order chi connectivity index (χ1) is 10.6. The number of hydrogen-bond donors (Lipinski definition) is 0. The Morgan fingerprint density at radius 2 is 1.95 bits per heavy atom. The Kier molecular flexibility index (Phi) is 3.14. The predicted molar refractivity (Wildman–Crippen MR) is 90.5 cm³/mol. The molecule has 0 aliphatic heterocycles. The second-order valence-electron chi connectivity index (χ2n) is 4.68. The molecule has 0 fully saturated rings. The fourth-order valence-corrected chi connectivity index (χ4v) is 3.91. The van der Waals surface area contributed by atoms with E-state index in [1.807, 2.05) is 18.2 Å². The van der Waals surface area contributed by atoms with Crippen LogP contribution >= 0.6 is 34.5 Å². The van der Waals surface area contributed by atoms with Crippen LogP contribution in [0.1, 0.15) is 0 Å². The number of hydrogen-bond acceptors (Lipinski definition) is 4. The van der Waals surface area contributed by atoms with Gasteiger partial charge in [0.25, 0.3) is 5.56 Å². The lowest BCUT2D eigenvalue weighted by Crippen LogP contribution is -2.20. The number of benzene rings is 2. The predicted octanol–water partition coefficient (Wildman–Crippen LogP) is 4.30. The summed E-state index contributed by atoms with van der Waals surface area (Å²) in [5.74, 6) is 0. The molecule has 22 heavy (non-hydrogen) atoms. The van der Waals surface area contributed by atoms with Gasteiger partial charge in [-0.3, -0.25) is 4.79 Å². The van der Waals surface area contributed by atoms with Crippen LogP contribution in [0.4, 0.5) is 0 Å². The van der Waals surface area contributed by atoms with Crippen LogP contribution in [0.3, 0.4) is 0 Å². The van der Waals surface area contributed by atoms with Crippen LogP contribution < -0.4 is 5.56 Å². The first kappa shape index (κ1) is 13.7. The van der Waals surface area contributed by atoms with Gasteiger partial charge in [-0.05, 0) is 18.2 Å². The van der Waals surface area contributed by atoms with Crippen LogP contribution in [0.2, 0.25) is 10.0 Å². The molecule has 2 aromatic heterocycles. The fourth-order valence-electron chi connectivity index (χ4n) is 2.26. The summed E-state index contributed by atoms with van der Waals surface area (Å²) in [5.41, 5.74) is 0.410. The second kappa shape index (κ2) is 5.05. The Morgan fingerprint density at radius 1 is 1.14 bits per heavy atom. The minimum atomic E-state index is -0.209. The number of fused-ring (bicyclic) bond motifs is 2. The van der Waals surface area contributed by atoms with Crippen LogP contribution in [0.5, 0.6) is 0 Å². The molecule has 0 amide bonds. The first-order valence-electron chi connectivity index (χ1n) is 6.36. The van der Waals surface area contributed by atoms with Gasteiger partial charge in [-0.15, -0.1) is 0 Å². The van der Waals surface area contributed by atoms with Crippen molar-refractivity contribution in [1.82, 2.24) is 14.8 Å². The molecule has 4 aromatic rings. The molecule has 0 bridgehead atoms. The average Bonchev–Trinajstić information content (AvgIpc) is 2.92. The molecule has 0 aliphatic rings. The van der Waals surface area contributed by atoms with E-state index in [1.165, 1.54) is 16.0 Å². The standard InChI is InChI=1S/C15H7Cl2N3OS/c16-9-5-11(17)13-12(6-9)22-15(19-13)20-14(21)10-4-2-1-3-8(10)7-18-20/h1-7H. The van der Waals surface area contributed by atoms with Crippen LogP contribution in [0, 0.1) is 0 Å². The van der Waals surface area contributed by atoms with E-state index in [9.17, 15) is 4.79 Å². The van der Waals surface area contributed by atoms with Gasteiger partial charge in [0.1, 0.15) is 5.52 Å². The van der Waals surface area contributed by atoms with E-state index in [1.54, 1.807) is 24.4 Å². The second-order valence-corrected chi connectivity index (χ2v) is 6.53. The third-order valence-corrected chi connectivity index (χ3v) is 4.76. The molecule has 0 atom stereocenters. The summed E-state index contributed by atoms with van der Waals surface area (Å²) in [7, 11) is 0. The molecule has 108 valence electrons. The molecular weight excluding hydrogens is 341 g/mol. The van der Waals surface area contributed by atoms with Crippen molar-refractivity contribution < 1.29 is 0 Å². The number of aromatic nitrogens is 3. The molecule has 7 heteroatoms. The maximum atomic E-state index is 12.6. The molecule has 0 aliphatic carbocycles. The van der Waals surface area contributed by atoms with Crippen molar-refractivity contribution in [1.29, 1.82) is 0 Å². The molecule has 4 nitrogen and oxygen atoms in total. The molecule has 0 spiro atoms. The third-order valence-electron chi connectivity index (χ3n) is 3.28. The SMILES string of the molecule is O=c1c2ccccc2cnn1-c1nc2c(Cl)cc(Cl)cc2s1. The summed E-state index contributed by atoms with van der Waals surface area (Å²) in [6, 6.07) is 10.7. The first-order valence-corrected chi connectivity index (χ1v) is 7.94. The molecule has 2 heterocycles. The third kappa shape index (κ3) is 2.09. The van der Waals surface area contributed by atoms with Gasteiger partial charge in [0.2, 0.25) is 5.13 Å². The van der Waals surface area contributed by atoms with E-state index in [0.29, 0.717) is 26.1 Å². The van der Waals surface area contributed by atoms with Crippen molar-refractivity contribution in [3.05, 3.63) is 63.0 Å². The minimum absolute atomic E-state index is 0.209. The average molecular weight is 348 g/mol. The topological polar surface area (TPSA) is 47.8 Å². The maximum absolute atomic E-state index is 12.6. The van der Waals surface area contributed by atoms with Crippen molar-refractivity contribution in [2.75, 3.05) is 0 Å². The van der Waals surface area contributed by atoms with Crippen molar-refractivity contribution in [2.24, 2.45) is 0 Å². The van der Waals surface area contributed by atoms with E-state index in [4.69, 9.17) is 23.2 Å². The van der Waals surface area contributed by atoms with Crippen molar-refractivity contribution in [3.63, 3.8) is 0 Å². The monoisotopic (exact) mass is 347 g/mol. The molecule has 0 saturated carbocycles. The largest absolute Gasteiger partial charge is 0.281 e. The van der Waals surface area contributed by atoms with Gasteiger partial charge >= 0.3 is 0 Å². The fraction of sp³-hybridized carbons (Fsp3) is 0. The smallest absolute Gasteiger partial charge is 0.267 e. The van der Waals surface area contributed by atoms with Gasteiger partial charge in [0.15, 0.2) is 0 Å². The maximum Gasteiger partial charge on any atom is 0.281 e. The lowest BCUT2D eigenvalue weighted by molar-refractivity contribution is 0.815. The van der Waals surface area contributed by atoms with Gasteiger partial charge in [-0.2, -0.15) is 9.78 Å². The number of rotatable bonds is 1. The van der Waals surface area contributed by atoms with E-state index in [0.717, 1.165) is 10.1 Å². The molecule has 4 rings (SSSR count). The van der Waals surface area contributed by atoms with Crippen LogP contribution in [0.25, 0.3) is 26.1 Å². The van der Waals surface area contributed by atoms with Gasteiger partial charge in [0.05, 0.1) is 21.3 Å². The van der Waals surface area contributed by atoms with Crippen LogP contribution in [-0.2, 0) is 0 Å². The number of halogens is 2. The van der Waals surface area contributed by atoms with Crippen molar-refractivity contribution in [2.45, 2.75) is 0 Å². The zero-order valence-electron chi connectivity index (χ0n) is 11.0. The lowest BCUT2D eigenvalue weighted by Gasteiger charge is -2.01.